The highest BCUT2D eigenvalue weighted by Crippen LogP contribution is 2.23. The maximum absolute atomic E-state index is 12.3. The molecule has 2 aromatic carbocycles. The predicted octanol–water partition coefficient (Wildman–Crippen LogP) is 2.60. The maximum atomic E-state index is 12.3. The molecule has 1 amide bonds. The first-order chi connectivity index (χ1) is 11.7. The van der Waals surface area contributed by atoms with E-state index in [0.29, 0.717) is 19.5 Å². The largest absolute Gasteiger partial charge is 0.383 e. The number of thioether (sulfide) groups is 1. The van der Waals surface area contributed by atoms with Crippen LogP contribution in [0.5, 0.6) is 0 Å². The van der Waals surface area contributed by atoms with Gasteiger partial charge in [0.1, 0.15) is 6.10 Å². The fraction of sp³-hybridized carbons (Fsp3) is 0.421. The molecule has 1 heterocycles. The van der Waals surface area contributed by atoms with Gasteiger partial charge >= 0.3 is 0 Å². The first kappa shape index (κ1) is 17.1. The van der Waals surface area contributed by atoms with Crippen LogP contribution in [0.3, 0.4) is 0 Å². The zero-order valence-corrected chi connectivity index (χ0v) is 14.8. The van der Waals surface area contributed by atoms with Crippen LogP contribution in [0.4, 0.5) is 5.69 Å². The molecular formula is C19H24N2O2S. The lowest BCUT2D eigenvalue weighted by Crippen LogP contribution is -2.51. The topological polar surface area (TPSA) is 43.8 Å². The maximum Gasteiger partial charge on any atom is 0.251 e. The fourth-order valence-corrected chi connectivity index (χ4v) is 3.58. The Morgan fingerprint density at radius 3 is 2.54 bits per heavy atom. The second kappa shape index (κ2) is 7.90. The number of benzene rings is 2. The zero-order chi connectivity index (χ0) is 16.9. The van der Waals surface area contributed by atoms with Gasteiger partial charge in [0.25, 0.3) is 5.91 Å². The van der Waals surface area contributed by atoms with Gasteiger partial charge < -0.3 is 14.9 Å². The minimum Gasteiger partial charge on any atom is -0.383 e. The van der Waals surface area contributed by atoms with Crippen molar-refractivity contribution in [2.75, 3.05) is 43.1 Å². The van der Waals surface area contributed by atoms with Gasteiger partial charge in [0.2, 0.25) is 0 Å². The smallest absolute Gasteiger partial charge is 0.251 e. The summed E-state index contributed by atoms with van der Waals surface area (Å²) < 4.78 is 0. The van der Waals surface area contributed by atoms with Gasteiger partial charge in [-0.25, -0.2) is 0 Å². The van der Waals surface area contributed by atoms with Crippen LogP contribution in [-0.4, -0.2) is 60.2 Å². The van der Waals surface area contributed by atoms with Gasteiger partial charge in [0.15, 0.2) is 0 Å². The molecule has 3 rings (SSSR count). The minimum absolute atomic E-state index is 0.123. The van der Waals surface area contributed by atoms with E-state index in [0.717, 1.165) is 18.8 Å². The van der Waals surface area contributed by atoms with E-state index in [-0.39, 0.29) is 5.91 Å². The number of carbonyl (C=O) groups is 1. The molecular weight excluding hydrogens is 320 g/mol. The summed E-state index contributed by atoms with van der Waals surface area (Å²) in [5.41, 5.74) is 1.20. The molecule has 0 bridgehead atoms. The lowest BCUT2D eigenvalue weighted by molar-refractivity contribution is -0.140. The molecule has 128 valence electrons. The summed E-state index contributed by atoms with van der Waals surface area (Å²) in [7, 11) is 0. The molecule has 0 radical (unpaired) electrons. The molecule has 0 unspecified atom stereocenters. The number of nitrogens with zero attached hydrogens (tertiary/aromatic N) is 2. The first-order valence-electron chi connectivity index (χ1n) is 8.38. The highest BCUT2D eigenvalue weighted by molar-refractivity contribution is 7.98. The number of aliphatic hydroxyl groups excluding tert-OH is 1. The Morgan fingerprint density at radius 1 is 1.12 bits per heavy atom. The van der Waals surface area contributed by atoms with Gasteiger partial charge in [-0.2, -0.15) is 11.8 Å². The standard InChI is InChI=1S/C19H24N2O2S/c1-24-13-8-18(22)19(23)21-11-9-20(10-12-21)17-7-6-15-4-2-3-5-16(15)14-17/h2-7,14,18,22H,8-13H2,1H3/t18-/m1/s1. The van der Waals surface area contributed by atoms with Crippen molar-refractivity contribution in [3.8, 4) is 0 Å². The van der Waals surface area contributed by atoms with Crippen molar-refractivity contribution < 1.29 is 9.90 Å². The Hall–Kier alpha value is -1.72. The summed E-state index contributed by atoms with van der Waals surface area (Å²) >= 11 is 1.65. The van der Waals surface area contributed by atoms with Crippen molar-refractivity contribution in [2.45, 2.75) is 12.5 Å². The van der Waals surface area contributed by atoms with Crippen molar-refractivity contribution in [1.29, 1.82) is 0 Å². The quantitative estimate of drug-likeness (QED) is 0.905. The third-order valence-electron chi connectivity index (χ3n) is 4.57. The molecule has 5 heteroatoms. The monoisotopic (exact) mass is 344 g/mol. The Balaban J connectivity index is 1.60. The zero-order valence-electron chi connectivity index (χ0n) is 14.0. The molecule has 1 fully saturated rings. The lowest BCUT2D eigenvalue weighted by Gasteiger charge is -2.37. The third kappa shape index (κ3) is 3.84. The van der Waals surface area contributed by atoms with E-state index in [1.807, 2.05) is 6.26 Å². The van der Waals surface area contributed by atoms with Crippen LogP contribution in [-0.2, 0) is 4.79 Å². The van der Waals surface area contributed by atoms with Crippen molar-refractivity contribution in [1.82, 2.24) is 4.90 Å². The average Bonchev–Trinajstić information content (AvgIpc) is 2.65. The van der Waals surface area contributed by atoms with Crippen molar-refractivity contribution in [2.24, 2.45) is 0 Å². The highest BCUT2D eigenvalue weighted by Gasteiger charge is 2.25. The van der Waals surface area contributed by atoms with E-state index in [1.165, 1.54) is 16.5 Å². The van der Waals surface area contributed by atoms with Crippen LogP contribution < -0.4 is 4.90 Å². The van der Waals surface area contributed by atoms with Crippen LogP contribution in [0.1, 0.15) is 6.42 Å². The van der Waals surface area contributed by atoms with E-state index < -0.39 is 6.10 Å². The van der Waals surface area contributed by atoms with Crippen LogP contribution >= 0.6 is 11.8 Å². The molecule has 1 N–H and O–H groups in total. The molecule has 0 spiro atoms. The summed E-state index contributed by atoms with van der Waals surface area (Å²) in [5, 5.41) is 12.5. The molecule has 1 aliphatic rings. The van der Waals surface area contributed by atoms with Gasteiger partial charge in [-0.15, -0.1) is 0 Å². The molecule has 1 aliphatic heterocycles. The number of anilines is 1. The third-order valence-corrected chi connectivity index (χ3v) is 5.21. The van der Waals surface area contributed by atoms with Crippen molar-refractivity contribution in [3.05, 3.63) is 42.5 Å². The number of fused-ring (bicyclic) bond motifs is 1. The lowest BCUT2D eigenvalue weighted by atomic mass is 10.1. The van der Waals surface area contributed by atoms with E-state index in [4.69, 9.17) is 0 Å². The van der Waals surface area contributed by atoms with E-state index >= 15 is 0 Å². The van der Waals surface area contributed by atoms with Gasteiger partial charge in [0.05, 0.1) is 0 Å². The minimum atomic E-state index is -0.857. The number of rotatable bonds is 5. The van der Waals surface area contributed by atoms with Crippen molar-refractivity contribution >= 4 is 34.1 Å². The van der Waals surface area contributed by atoms with E-state index in [9.17, 15) is 9.90 Å². The van der Waals surface area contributed by atoms with Crippen LogP contribution in [0.25, 0.3) is 10.8 Å². The van der Waals surface area contributed by atoms with Crippen LogP contribution in [0.15, 0.2) is 42.5 Å². The Labute approximate surface area is 147 Å². The number of aliphatic hydroxyl groups is 1. The number of hydrogen-bond donors (Lipinski definition) is 1. The van der Waals surface area contributed by atoms with Crippen molar-refractivity contribution in [3.63, 3.8) is 0 Å². The highest BCUT2D eigenvalue weighted by atomic mass is 32.2. The Kier molecular flexibility index (Phi) is 5.63. The van der Waals surface area contributed by atoms with Crippen LogP contribution in [0.2, 0.25) is 0 Å². The summed E-state index contributed by atoms with van der Waals surface area (Å²) in [6, 6.07) is 14.8. The second-order valence-corrected chi connectivity index (χ2v) is 7.13. The summed E-state index contributed by atoms with van der Waals surface area (Å²) in [6.07, 6.45) is 1.66. The molecule has 0 aromatic heterocycles. The normalized spacial score (nSPS) is 16.4. The average molecular weight is 344 g/mol. The number of amides is 1. The van der Waals surface area contributed by atoms with Gasteiger partial charge in [-0.3, -0.25) is 4.79 Å². The summed E-state index contributed by atoms with van der Waals surface area (Å²) in [5.74, 6) is 0.687. The number of piperazine rings is 1. The van der Waals surface area contributed by atoms with Gasteiger partial charge in [-0.05, 0) is 41.3 Å². The van der Waals surface area contributed by atoms with Gasteiger partial charge in [0, 0.05) is 31.9 Å². The number of carbonyl (C=O) groups excluding carboxylic acids is 1. The molecule has 24 heavy (non-hydrogen) atoms. The predicted molar refractivity (Wildman–Crippen MR) is 102 cm³/mol. The Bertz CT molecular complexity index is 699. The van der Waals surface area contributed by atoms with E-state index in [2.05, 4.69) is 47.4 Å². The summed E-state index contributed by atoms with van der Waals surface area (Å²) in [6.45, 7) is 2.95. The molecule has 0 saturated carbocycles. The molecule has 0 aliphatic carbocycles. The molecule has 1 atom stereocenters. The van der Waals surface area contributed by atoms with Gasteiger partial charge in [-0.1, -0.05) is 30.3 Å². The fourth-order valence-electron chi connectivity index (χ4n) is 3.12. The Morgan fingerprint density at radius 2 is 1.83 bits per heavy atom. The number of hydrogen-bond acceptors (Lipinski definition) is 4. The SMILES string of the molecule is CSCC[C@@H](O)C(=O)N1CCN(c2ccc3ccccc3c2)CC1. The molecule has 2 aromatic rings. The van der Waals surface area contributed by atoms with Crippen LogP contribution in [0, 0.1) is 0 Å². The van der Waals surface area contributed by atoms with E-state index in [1.54, 1.807) is 16.7 Å². The summed E-state index contributed by atoms with van der Waals surface area (Å²) in [4.78, 5) is 16.4. The molecule has 4 nitrogen and oxygen atoms in total. The first-order valence-corrected chi connectivity index (χ1v) is 9.78. The second-order valence-electron chi connectivity index (χ2n) is 6.14. The molecule has 1 saturated heterocycles.